The van der Waals surface area contributed by atoms with E-state index in [0.717, 1.165) is 19.3 Å². The maximum Gasteiger partial charge on any atom is 0.230 e. The van der Waals surface area contributed by atoms with Crippen molar-refractivity contribution in [3.8, 4) is 0 Å². The van der Waals surface area contributed by atoms with Gasteiger partial charge in [0.2, 0.25) is 5.91 Å². The average molecular weight is 228 g/mol. The molecule has 1 amide bonds. The van der Waals surface area contributed by atoms with Crippen LogP contribution in [-0.4, -0.2) is 16.9 Å². The first kappa shape index (κ1) is 12.4. The van der Waals surface area contributed by atoms with Crippen LogP contribution in [0.15, 0.2) is 0 Å². The van der Waals surface area contributed by atoms with Gasteiger partial charge in [-0.25, -0.2) is 0 Å². The third kappa shape index (κ3) is 3.16. The summed E-state index contributed by atoms with van der Waals surface area (Å²) < 4.78 is 0. The number of nitrogens with two attached hydrogens (primary N) is 1. The van der Waals surface area contributed by atoms with Crippen LogP contribution in [0.4, 0.5) is 0 Å². The van der Waals surface area contributed by atoms with Crippen LogP contribution in [0.3, 0.4) is 0 Å². The summed E-state index contributed by atoms with van der Waals surface area (Å²) in [4.78, 5) is 12.1. The van der Waals surface area contributed by atoms with Crippen LogP contribution in [0.1, 0.15) is 40.0 Å². The monoisotopic (exact) mass is 228 g/mol. The van der Waals surface area contributed by atoms with Crippen LogP contribution in [0.25, 0.3) is 0 Å². The van der Waals surface area contributed by atoms with E-state index in [1.54, 1.807) is 0 Å². The fourth-order valence-electron chi connectivity index (χ4n) is 1.68. The van der Waals surface area contributed by atoms with Gasteiger partial charge < -0.3 is 11.1 Å². The predicted octanol–water partition coefficient (Wildman–Crippen LogP) is 1.60. The lowest BCUT2D eigenvalue weighted by Gasteiger charge is -2.15. The summed E-state index contributed by atoms with van der Waals surface area (Å²) in [5.41, 5.74) is 5.81. The Labute approximate surface area is 96.8 Å². The lowest BCUT2D eigenvalue weighted by molar-refractivity contribution is -0.123. The molecule has 15 heavy (non-hydrogen) atoms. The van der Waals surface area contributed by atoms with E-state index in [9.17, 15) is 4.79 Å². The summed E-state index contributed by atoms with van der Waals surface area (Å²) in [7, 11) is 0. The average Bonchev–Trinajstić information content (AvgIpc) is 2.68. The van der Waals surface area contributed by atoms with Crippen molar-refractivity contribution in [2.24, 2.45) is 17.1 Å². The zero-order valence-electron chi connectivity index (χ0n) is 9.67. The first-order valence-corrected chi connectivity index (χ1v) is 5.89. The first-order chi connectivity index (χ1) is 6.88. The Morgan fingerprint density at radius 3 is 2.53 bits per heavy atom. The molecule has 0 aliphatic heterocycles. The number of amides is 1. The predicted molar refractivity (Wildman–Crippen MR) is 65.5 cm³/mol. The third-order valence-electron chi connectivity index (χ3n) is 3.07. The fraction of sp³-hybridized carbons (Fsp3) is 0.818. The fourth-order valence-corrected chi connectivity index (χ4v) is 1.90. The highest BCUT2D eigenvalue weighted by Gasteiger charge is 2.47. The standard InChI is InChI=1S/C11H20N2OS/c1-4-5-7(9(12)15)10(14)13-8-6-11(8,2)3/h7-8H,4-6H2,1-3H3,(H2,12,15)(H,13,14). The van der Waals surface area contributed by atoms with Crippen molar-refractivity contribution in [2.75, 3.05) is 0 Å². The van der Waals surface area contributed by atoms with Gasteiger partial charge in [0.1, 0.15) is 0 Å². The second-order valence-corrected chi connectivity index (χ2v) is 5.47. The maximum atomic E-state index is 11.8. The zero-order valence-corrected chi connectivity index (χ0v) is 10.5. The van der Waals surface area contributed by atoms with Gasteiger partial charge in [0, 0.05) is 6.04 Å². The van der Waals surface area contributed by atoms with E-state index in [4.69, 9.17) is 18.0 Å². The Bertz CT molecular complexity index is 276. The third-order valence-corrected chi connectivity index (χ3v) is 3.35. The summed E-state index contributed by atoms with van der Waals surface area (Å²) in [6, 6.07) is 0.304. The highest BCUT2D eigenvalue weighted by molar-refractivity contribution is 7.80. The van der Waals surface area contributed by atoms with E-state index in [2.05, 4.69) is 19.2 Å². The van der Waals surface area contributed by atoms with Gasteiger partial charge in [-0.1, -0.05) is 39.4 Å². The van der Waals surface area contributed by atoms with Crippen LogP contribution in [0, 0.1) is 11.3 Å². The van der Waals surface area contributed by atoms with Crippen molar-refractivity contribution >= 4 is 23.1 Å². The summed E-state index contributed by atoms with van der Waals surface area (Å²) in [6.45, 7) is 6.32. The van der Waals surface area contributed by atoms with Gasteiger partial charge in [-0.05, 0) is 18.3 Å². The Balaban J connectivity index is 2.47. The van der Waals surface area contributed by atoms with Gasteiger partial charge in [-0.15, -0.1) is 0 Å². The Morgan fingerprint density at radius 1 is 1.67 bits per heavy atom. The molecule has 1 fully saturated rings. The molecule has 1 saturated carbocycles. The molecule has 2 unspecified atom stereocenters. The number of hydrogen-bond donors (Lipinski definition) is 2. The van der Waals surface area contributed by atoms with Gasteiger partial charge in [-0.2, -0.15) is 0 Å². The molecule has 0 saturated heterocycles. The van der Waals surface area contributed by atoms with Crippen molar-refractivity contribution in [1.29, 1.82) is 0 Å². The number of nitrogens with one attached hydrogen (secondary N) is 1. The molecule has 2 atom stereocenters. The minimum Gasteiger partial charge on any atom is -0.393 e. The molecule has 4 heteroatoms. The van der Waals surface area contributed by atoms with Crippen molar-refractivity contribution in [3.05, 3.63) is 0 Å². The maximum absolute atomic E-state index is 11.8. The first-order valence-electron chi connectivity index (χ1n) is 5.48. The molecule has 0 aromatic carbocycles. The molecule has 0 bridgehead atoms. The van der Waals surface area contributed by atoms with E-state index < -0.39 is 0 Å². The largest absolute Gasteiger partial charge is 0.393 e. The minimum absolute atomic E-state index is 0.0000694. The minimum atomic E-state index is -0.290. The van der Waals surface area contributed by atoms with Gasteiger partial charge in [0.05, 0.1) is 10.9 Å². The number of carbonyl (C=O) groups excluding carboxylic acids is 1. The second-order valence-electron chi connectivity index (χ2n) is 5.00. The molecule has 3 nitrogen and oxygen atoms in total. The van der Waals surface area contributed by atoms with Gasteiger partial charge in [0.25, 0.3) is 0 Å². The molecule has 0 heterocycles. The Kier molecular flexibility index (Phi) is 3.71. The number of hydrogen-bond acceptors (Lipinski definition) is 2. The highest BCUT2D eigenvalue weighted by Crippen LogP contribution is 2.44. The van der Waals surface area contributed by atoms with Crippen LogP contribution in [-0.2, 0) is 4.79 Å². The summed E-state index contributed by atoms with van der Waals surface area (Å²) in [5, 5.41) is 3.00. The summed E-state index contributed by atoms with van der Waals surface area (Å²) >= 11 is 4.91. The van der Waals surface area contributed by atoms with Crippen LogP contribution in [0.5, 0.6) is 0 Å². The number of rotatable bonds is 5. The molecule has 1 rings (SSSR count). The number of thiocarbonyl (C=S) groups is 1. The van der Waals surface area contributed by atoms with Gasteiger partial charge >= 0.3 is 0 Å². The van der Waals surface area contributed by atoms with Crippen LogP contribution >= 0.6 is 12.2 Å². The van der Waals surface area contributed by atoms with Crippen molar-refractivity contribution in [2.45, 2.75) is 46.1 Å². The zero-order chi connectivity index (χ0) is 11.6. The smallest absolute Gasteiger partial charge is 0.230 e. The van der Waals surface area contributed by atoms with E-state index in [1.807, 2.05) is 6.92 Å². The van der Waals surface area contributed by atoms with Gasteiger partial charge in [-0.3, -0.25) is 4.79 Å². The SMILES string of the molecule is CCCC(C(=O)NC1CC1(C)C)C(N)=S. The lowest BCUT2D eigenvalue weighted by atomic mass is 10.0. The summed E-state index contributed by atoms with van der Waals surface area (Å²) in [5.74, 6) is -0.290. The van der Waals surface area contributed by atoms with E-state index in [0.29, 0.717) is 11.0 Å². The van der Waals surface area contributed by atoms with Crippen LogP contribution < -0.4 is 11.1 Å². The molecule has 1 aliphatic rings. The van der Waals surface area contributed by atoms with E-state index in [-0.39, 0.29) is 17.2 Å². The Morgan fingerprint density at radius 2 is 2.20 bits per heavy atom. The van der Waals surface area contributed by atoms with Crippen LogP contribution in [0.2, 0.25) is 0 Å². The summed E-state index contributed by atoms with van der Waals surface area (Å²) in [6.07, 6.45) is 2.71. The van der Waals surface area contributed by atoms with Crippen molar-refractivity contribution < 1.29 is 4.79 Å². The molecule has 0 aromatic rings. The lowest BCUT2D eigenvalue weighted by Crippen LogP contribution is -2.39. The van der Waals surface area contributed by atoms with Crippen molar-refractivity contribution in [1.82, 2.24) is 5.32 Å². The van der Waals surface area contributed by atoms with E-state index in [1.165, 1.54) is 0 Å². The molecular weight excluding hydrogens is 208 g/mol. The highest BCUT2D eigenvalue weighted by atomic mass is 32.1. The Hall–Kier alpha value is -0.640. The molecule has 0 aromatic heterocycles. The topological polar surface area (TPSA) is 55.1 Å². The molecule has 1 aliphatic carbocycles. The molecule has 86 valence electrons. The normalized spacial score (nSPS) is 24.3. The van der Waals surface area contributed by atoms with E-state index >= 15 is 0 Å². The molecule has 0 radical (unpaired) electrons. The quantitative estimate of drug-likeness (QED) is 0.703. The molecule has 3 N–H and O–H groups in total. The molecular formula is C11H20N2OS. The number of carbonyl (C=O) groups is 1. The van der Waals surface area contributed by atoms with Gasteiger partial charge in [0.15, 0.2) is 0 Å². The van der Waals surface area contributed by atoms with Crippen molar-refractivity contribution in [3.63, 3.8) is 0 Å². The molecule has 0 spiro atoms. The second kappa shape index (κ2) is 4.47.